The van der Waals surface area contributed by atoms with Gasteiger partial charge in [0, 0.05) is 19.0 Å². The predicted octanol–water partition coefficient (Wildman–Crippen LogP) is 5.55. The van der Waals surface area contributed by atoms with Crippen LogP contribution in [0.4, 0.5) is 0 Å². The smallest absolute Gasteiger partial charge is 0.339 e. The van der Waals surface area contributed by atoms with Gasteiger partial charge in [-0.1, -0.05) is 49.5 Å². The van der Waals surface area contributed by atoms with Crippen molar-refractivity contribution in [1.82, 2.24) is 4.90 Å². The van der Waals surface area contributed by atoms with Crippen molar-refractivity contribution in [1.29, 1.82) is 0 Å². The molecule has 0 atom stereocenters. The van der Waals surface area contributed by atoms with E-state index in [1.165, 1.54) is 25.3 Å². The molecular formula is C23H27Cl2NO5S. The van der Waals surface area contributed by atoms with Crippen molar-refractivity contribution in [3.8, 4) is 11.5 Å². The summed E-state index contributed by atoms with van der Waals surface area (Å²) in [6, 6.07) is 8.98. The summed E-state index contributed by atoms with van der Waals surface area (Å²) in [5.41, 5.74) is 0.749. The van der Waals surface area contributed by atoms with Gasteiger partial charge in [0.15, 0.2) is 11.5 Å². The Morgan fingerprint density at radius 3 is 2.38 bits per heavy atom. The van der Waals surface area contributed by atoms with Crippen LogP contribution in [0.15, 0.2) is 41.3 Å². The summed E-state index contributed by atoms with van der Waals surface area (Å²) in [6.07, 6.45) is 2.93. The summed E-state index contributed by atoms with van der Waals surface area (Å²) in [4.78, 5) is 14.6. The monoisotopic (exact) mass is 499 g/mol. The van der Waals surface area contributed by atoms with E-state index in [0.717, 1.165) is 24.8 Å². The summed E-state index contributed by atoms with van der Waals surface area (Å²) >= 11 is 11.8. The van der Waals surface area contributed by atoms with Crippen LogP contribution >= 0.6 is 23.2 Å². The van der Waals surface area contributed by atoms with Crippen molar-refractivity contribution in [2.45, 2.75) is 44.6 Å². The number of amides is 1. The second kappa shape index (κ2) is 10.3. The molecule has 0 unspecified atom stereocenters. The molecular weight excluding hydrogens is 473 g/mol. The molecule has 2 aromatic carbocycles. The van der Waals surface area contributed by atoms with E-state index in [0.29, 0.717) is 19.0 Å². The van der Waals surface area contributed by atoms with E-state index in [2.05, 4.69) is 13.8 Å². The average molecular weight is 500 g/mol. The second-order valence-electron chi connectivity index (χ2n) is 8.34. The van der Waals surface area contributed by atoms with Crippen molar-refractivity contribution in [3.63, 3.8) is 0 Å². The first-order valence-electron chi connectivity index (χ1n) is 10.5. The standard InChI is InChI=1S/C23H27Cl2NO5S/c1-15(2)13-26(23(27)17-5-4-6-17)14-16-7-10-21(30-3)22(11-16)31-32(28,29)18-8-9-19(24)20(25)12-18/h7-12,15,17H,4-6,13-14H2,1-3H3. The van der Waals surface area contributed by atoms with Crippen molar-refractivity contribution in [2.24, 2.45) is 11.8 Å². The molecule has 0 N–H and O–H groups in total. The van der Waals surface area contributed by atoms with Crippen molar-refractivity contribution < 1.29 is 22.1 Å². The summed E-state index contributed by atoms with van der Waals surface area (Å²) in [7, 11) is -2.75. The van der Waals surface area contributed by atoms with Crippen LogP contribution in [0.25, 0.3) is 0 Å². The summed E-state index contributed by atoms with van der Waals surface area (Å²) in [6.45, 7) is 5.11. The summed E-state index contributed by atoms with van der Waals surface area (Å²) < 4.78 is 36.3. The molecule has 9 heteroatoms. The highest BCUT2D eigenvalue weighted by Crippen LogP contribution is 2.34. The molecule has 174 valence electrons. The molecule has 3 rings (SSSR count). The Hall–Kier alpha value is -1.96. The second-order valence-corrected chi connectivity index (χ2v) is 10.7. The highest BCUT2D eigenvalue weighted by molar-refractivity contribution is 7.87. The zero-order valence-electron chi connectivity index (χ0n) is 18.3. The van der Waals surface area contributed by atoms with Gasteiger partial charge in [-0.05, 0) is 54.7 Å². The van der Waals surface area contributed by atoms with E-state index >= 15 is 0 Å². The van der Waals surface area contributed by atoms with E-state index in [1.807, 2.05) is 4.90 Å². The lowest BCUT2D eigenvalue weighted by atomic mass is 9.84. The topological polar surface area (TPSA) is 72.9 Å². The fourth-order valence-corrected chi connectivity index (χ4v) is 4.81. The van der Waals surface area contributed by atoms with Crippen LogP contribution in [0.1, 0.15) is 38.7 Å². The van der Waals surface area contributed by atoms with Crippen LogP contribution in [-0.2, 0) is 21.5 Å². The van der Waals surface area contributed by atoms with Crippen molar-refractivity contribution in [2.75, 3.05) is 13.7 Å². The number of hydrogen-bond acceptors (Lipinski definition) is 5. The SMILES string of the molecule is COc1ccc(CN(CC(C)C)C(=O)C2CCC2)cc1OS(=O)(=O)c1ccc(Cl)c(Cl)c1. The van der Waals surface area contributed by atoms with Crippen LogP contribution in [-0.4, -0.2) is 32.9 Å². The third-order valence-electron chi connectivity index (χ3n) is 5.33. The Morgan fingerprint density at radius 2 is 1.81 bits per heavy atom. The van der Waals surface area contributed by atoms with Crippen LogP contribution < -0.4 is 8.92 Å². The van der Waals surface area contributed by atoms with Gasteiger partial charge in [-0.2, -0.15) is 8.42 Å². The van der Waals surface area contributed by atoms with E-state index in [1.54, 1.807) is 18.2 Å². The quantitative estimate of drug-likeness (QED) is 0.422. The molecule has 1 amide bonds. The van der Waals surface area contributed by atoms with Crippen molar-refractivity contribution in [3.05, 3.63) is 52.0 Å². The van der Waals surface area contributed by atoms with Gasteiger partial charge in [-0.3, -0.25) is 4.79 Å². The molecule has 2 aromatic rings. The molecule has 0 heterocycles. The molecule has 1 fully saturated rings. The fraction of sp³-hybridized carbons (Fsp3) is 0.435. The van der Waals surface area contributed by atoms with Gasteiger partial charge in [0.25, 0.3) is 0 Å². The minimum atomic E-state index is -4.18. The fourth-order valence-electron chi connectivity index (χ4n) is 3.49. The molecule has 1 aliphatic rings. The van der Waals surface area contributed by atoms with Gasteiger partial charge >= 0.3 is 10.1 Å². The normalized spacial score (nSPS) is 14.2. The van der Waals surface area contributed by atoms with Gasteiger partial charge in [-0.25, -0.2) is 0 Å². The molecule has 0 saturated heterocycles. The Morgan fingerprint density at radius 1 is 1.09 bits per heavy atom. The average Bonchev–Trinajstić information content (AvgIpc) is 2.67. The largest absolute Gasteiger partial charge is 0.493 e. The number of methoxy groups -OCH3 is 1. The zero-order valence-corrected chi connectivity index (χ0v) is 20.6. The minimum absolute atomic E-state index is 0.0386. The maximum absolute atomic E-state index is 12.9. The maximum atomic E-state index is 12.9. The van der Waals surface area contributed by atoms with E-state index in [9.17, 15) is 13.2 Å². The predicted molar refractivity (Wildman–Crippen MR) is 125 cm³/mol. The summed E-state index contributed by atoms with van der Waals surface area (Å²) in [5.74, 6) is 0.835. The number of hydrogen-bond donors (Lipinski definition) is 0. The van der Waals surface area contributed by atoms with Crippen LogP contribution in [0.3, 0.4) is 0 Å². The molecule has 0 bridgehead atoms. The Labute approximate surface area is 199 Å². The molecule has 1 saturated carbocycles. The Kier molecular flexibility index (Phi) is 7.96. The summed E-state index contributed by atoms with van der Waals surface area (Å²) in [5, 5.41) is 0.349. The van der Waals surface area contributed by atoms with Crippen molar-refractivity contribution >= 4 is 39.2 Å². The molecule has 0 spiro atoms. The molecule has 6 nitrogen and oxygen atoms in total. The first-order valence-corrected chi connectivity index (χ1v) is 12.6. The lowest BCUT2D eigenvalue weighted by Crippen LogP contribution is -2.40. The number of carbonyl (C=O) groups is 1. The number of nitrogens with zero attached hydrogens (tertiary/aromatic N) is 1. The third kappa shape index (κ3) is 5.88. The van der Waals surface area contributed by atoms with Crippen LogP contribution in [0, 0.1) is 11.8 Å². The zero-order chi connectivity index (χ0) is 23.5. The Balaban J connectivity index is 1.86. The van der Waals surface area contributed by atoms with Crippen LogP contribution in [0.2, 0.25) is 10.0 Å². The van der Waals surface area contributed by atoms with E-state index < -0.39 is 10.1 Å². The lowest BCUT2D eigenvalue weighted by molar-refractivity contribution is -0.139. The van der Waals surface area contributed by atoms with Gasteiger partial charge in [0.1, 0.15) is 4.90 Å². The number of benzene rings is 2. The van der Waals surface area contributed by atoms with Crippen LogP contribution in [0.5, 0.6) is 11.5 Å². The Bertz CT molecular complexity index is 1080. The van der Waals surface area contributed by atoms with Gasteiger partial charge < -0.3 is 13.8 Å². The maximum Gasteiger partial charge on any atom is 0.339 e. The molecule has 0 radical (unpaired) electrons. The number of carbonyl (C=O) groups excluding carboxylic acids is 1. The molecule has 0 aliphatic heterocycles. The highest BCUT2D eigenvalue weighted by atomic mass is 35.5. The highest BCUT2D eigenvalue weighted by Gasteiger charge is 2.30. The van der Waals surface area contributed by atoms with Gasteiger partial charge in [0.05, 0.1) is 17.2 Å². The van der Waals surface area contributed by atoms with Gasteiger partial charge in [0.2, 0.25) is 5.91 Å². The first-order chi connectivity index (χ1) is 15.1. The molecule has 0 aromatic heterocycles. The molecule has 32 heavy (non-hydrogen) atoms. The molecule has 1 aliphatic carbocycles. The number of halogens is 2. The van der Waals surface area contributed by atoms with E-state index in [4.69, 9.17) is 32.1 Å². The lowest BCUT2D eigenvalue weighted by Gasteiger charge is -2.33. The minimum Gasteiger partial charge on any atom is -0.493 e. The number of rotatable bonds is 9. The van der Waals surface area contributed by atoms with Gasteiger partial charge in [-0.15, -0.1) is 0 Å². The number of ether oxygens (including phenoxy) is 1. The van der Waals surface area contributed by atoms with E-state index in [-0.39, 0.29) is 38.3 Å². The third-order valence-corrected chi connectivity index (χ3v) is 7.30. The first kappa shape index (κ1) is 24.7.